The van der Waals surface area contributed by atoms with E-state index < -0.39 is 0 Å². The molecule has 36 valence electrons. The van der Waals surface area contributed by atoms with Gasteiger partial charge in [-0.15, -0.1) is 0 Å². The maximum atomic E-state index is 8.33. The van der Waals surface area contributed by atoms with E-state index in [-0.39, 0.29) is 22.3 Å². The Kier molecular flexibility index (Phi) is 2290. The monoisotopic (exact) mass is 248 g/mol. The van der Waals surface area contributed by atoms with Gasteiger partial charge in [-0.25, -0.2) is 0 Å². The van der Waals surface area contributed by atoms with Crippen LogP contribution in [0, 0.1) is 0 Å². The first-order valence-corrected chi connectivity index (χ1v) is 1.36. The van der Waals surface area contributed by atoms with Gasteiger partial charge in [-0.2, -0.15) is 0 Å². The molecule has 0 bridgehead atoms. The third kappa shape index (κ3) is 117. The van der Waals surface area contributed by atoms with Crippen molar-refractivity contribution < 1.29 is 23.2 Å². The van der Waals surface area contributed by atoms with E-state index in [1.165, 1.54) is 0 Å². The predicted octanol–water partition coefficient (Wildman–Crippen LogP) is 1.79. The van der Waals surface area contributed by atoms with Crippen LogP contribution in [0.5, 0.6) is 0 Å². The fourth-order valence-corrected chi connectivity index (χ4v) is 0. The second-order valence-corrected chi connectivity index (χ2v) is 0. The van der Waals surface area contributed by atoms with Gasteiger partial charge >= 0.3 is 23.2 Å². The number of rotatable bonds is 0. The first kappa shape index (κ1) is 49.9. The molecule has 0 aromatic rings. The Morgan fingerprint density at radius 1 is 0.800 bits per heavy atom. The normalized spacial score (nSPS) is 0.800. The number of hydrogen-bond donors (Lipinski definition) is 0. The van der Waals surface area contributed by atoms with Crippen molar-refractivity contribution in [3.8, 4) is 0 Å². The zero-order chi connectivity index (χ0) is 2.00. The number of hydrogen-bond acceptors (Lipinski definition) is 1. The van der Waals surface area contributed by atoms with Crippen molar-refractivity contribution in [3.05, 3.63) is 0 Å². The molecule has 0 aromatic carbocycles. The molecule has 0 unspecified atom stereocenters. The first-order valence-electron chi connectivity index (χ1n) is 0.167. The Morgan fingerprint density at radius 2 is 0.800 bits per heavy atom. The third-order valence-electron chi connectivity index (χ3n) is 0. The summed E-state index contributed by atoms with van der Waals surface area (Å²) in [5.41, 5.74) is 0. The van der Waals surface area contributed by atoms with E-state index in [9.17, 15) is 0 Å². The summed E-state index contributed by atoms with van der Waals surface area (Å²) in [6.07, 6.45) is 0. The van der Waals surface area contributed by atoms with Crippen LogP contribution in [0.25, 0.3) is 0 Å². The quantitative estimate of drug-likeness (QED) is 0.638. The molecule has 1 nitrogen and oxygen atoms in total. The fourth-order valence-electron chi connectivity index (χ4n) is 0. The predicted molar refractivity (Wildman–Crippen MR) is 20.9 cm³/mol. The Morgan fingerprint density at radius 3 is 0.800 bits per heavy atom. The van der Waals surface area contributed by atoms with Gasteiger partial charge in [0, 0.05) is 0 Å². The van der Waals surface area contributed by atoms with Crippen LogP contribution in [0.2, 0.25) is 0 Å². The van der Waals surface area contributed by atoms with Crippen LogP contribution in [0.1, 0.15) is 22.3 Å². The van der Waals surface area contributed by atoms with Gasteiger partial charge in [0.05, 0.1) is 0 Å². The van der Waals surface area contributed by atoms with E-state index in [0.29, 0.717) is 19.8 Å². The van der Waals surface area contributed by atoms with Crippen molar-refractivity contribution in [3.63, 3.8) is 0 Å². The molecule has 0 radical (unpaired) electrons. The van der Waals surface area contributed by atoms with Gasteiger partial charge in [0.25, 0.3) is 0 Å². The molecule has 0 rings (SSSR count). The van der Waals surface area contributed by atoms with Crippen LogP contribution in [-0.4, -0.2) is 0 Å². The average molecular weight is 248 g/mol. The van der Waals surface area contributed by atoms with Gasteiger partial charge in [0.15, 0.2) is 0 Å². The summed E-state index contributed by atoms with van der Waals surface area (Å²) < 4.78 is 8.33. The average Bonchev–Trinajstić information content (AvgIpc) is 1.00. The molecular formula is C3H12OW. The molecule has 0 aliphatic carbocycles. The van der Waals surface area contributed by atoms with Crippen LogP contribution < -0.4 is 0 Å². The third-order valence-corrected chi connectivity index (χ3v) is 0. The Balaban J connectivity index is -0.00000000167. The SMILES string of the molecule is C.C.C.[O]=[W]. The van der Waals surface area contributed by atoms with Gasteiger partial charge < -0.3 is 0 Å². The van der Waals surface area contributed by atoms with E-state index in [2.05, 4.69) is 0 Å². The summed E-state index contributed by atoms with van der Waals surface area (Å²) in [4.78, 5) is 0. The van der Waals surface area contributed by atoms with Crippen LogP contribution >= 0.6 is 0 Å². The van der Waals surface area contributed by atoms with Gasteiger partial charge in [0.2, 0.25) is 0 Å². The van der Waals surface area contributed by atoms with E-state index >= 15 is 0 Å². The molecule has 0 amide bonds. The second-order valence-electron chi connectivity index (χ2n) is 0. The fraction of sp³-hybridized carbons (Fsp3) is 1.00. The second kappa shape index (κ2) is 229. The van der Waals surface area contributed by atoms with E-state index in [1.54, 1.807) is 0 Å². The molecule has 0 saturated carbocycles. The van der Waals surface area contributed by atoms with Crippen LogP contribution in [0.4, 0.5) is 0 Å². The van der Waals surface area contributed by atoms with Crippen molar-refractivity contribution >= 4 is 0 Å². The molecule has 0 aliphatic rings. The molecule has 0 aromatic heterocycles. The molecule has 0 spiro atoms. The molecule has 0 N–H and O–H groups in total. The molecule has 0 saturated heterocycles. The topological polar surface area (TPSA) is 17.1 Å². The van der Waals surface area contributed by atoms with E-state index in [1.807, 2.05) is 0 Å². The van der Waals surface area contributed by atoms with Gasteiger partial charge in [0.1, 0.15) is 0 Å². The zero-order valence-electron chi connectivity index (χ0n) is 0.816. The Bertz CT molecular complexity index is 6.85. The van der Waals surface area contributed by atoms with Gasteiger partial charge in [-0.1, -0.05) is 22.3 Å². The van der Waals surface area contributed by atoms with Crippen molar-refractivity contribution in [1.82, 2.24) is 0 Å². The molecule has 0 aliphatic heterocycles. The van der Waals surface area contributed by atoms with E-state index in [4.69, 9.17) is 3.40 Å². The van der Waals surface area contributed by atoms with Crippen LogP contribution in [0.3, 0.4) is 0 Å². The van der Waals surface area contributed by atoms with Crippen molar-refractivity contribution in [1.29, 1.82) is 0 Å². The molecule has 5 heavy (non-hydrogen) atoms. The zero-order valence-corrected chi connectivity index (χ0v) is 3.75. The van der Waals surface area contributed by atoms with Gasteiger partial charge in [-0.3, -0.25) is 0 Å². The Hall–Kier alpha value is 0.488. The van der Waals surface area contributed by atoms with Crippen molar-refractivity contribution in [2.75, 3.05) is 0 Å². The first-order chi connectivity index (χ1) is 1.00. The minimum atomic E-state index is 0. The van der Waals surface area contributed by atoms with Crippen molar-refractivity contribution in [2.24, 2.45) is 0 Å². The summed E-state index contributed by atoms with van der Waals surface area (Å²) in [5.74, 6) is 0. The molecule has 2 heteroatoms. The molecule has 0 heterocycles. The maximum absolute atomic E-state index is 8.33. The summed E-state index contributed by atoms with van der Waals surface area (Å²) in [7, 11) is 0. The standard InChI is InChI=1S/3CH4.O.W/h3*1H4;;. The molecule has 0 atom stereocenters. The summed E-state index contributed by atoms with van der Waals surface area (Å²) >= 11 is 0.333. The van der Waals surface area contributed by atoms with Gasteiger partial charge in [-0.05, 0) is 0 Å². The molecule has 0 fully saturated rings. The summed E-state index contributed by atoms with van der Waals surface area (Å²) in [5, 5.41) is 0. The Labute approximate surface area is 46.0 Å². The van der Waals surface area contributed by atoms with Crippen molar-refractivity contribution in [2.45, 2.75) is 22.3 Å². The minimum absolute atomic E-state index is 0. The van der Waals surface area contributed by atoms with Crippen LogP contribution in [0.15, 0.2) is 0 Å². The summed E-state index contributed by atoms with van der Waals surface area (Å²) in [6, 6.07) is 0. The molecular weight excluding hydrogens is 236 g/mol. The summed E-state index contributed by atoms with van der Waals surface area (Å²) in [6.45, 7) is 0. The van der Waals surface area contributed by atoms with Crippen LogP contribution in [-0.2, 0) is 23.2 Å². The van der Waals surface area contributed by atoms with E-state index in [0.717, 1.165) is 0 Å².